The topological polar surface area (TPSA) is 46.6 Å². The molecule has 0 saturated heterocycles. The quantitative estimate of drug-likeness (QED) is 0.778. The van der Waals surface area contributed by atoms with Crippen molar-refractivity contribution < 1.29 is 14.3 Å². The molecular weight excluding hydrogens is 266 g/mol. The monoisotopic (exact) mass is 283 g/mol. The van der Waals surface area contributed by atoms with E-state index in [0.29, 0.717) is 13.0 Å². The highest BCUT2D eigenvalue weighted by molar-refractivity contribution is 6.63. The minimum atomic E-state index is -0.436. The van der Waals surface area contributed by atoms with E-state index in [2.05, 4.69) is 0 Å². The van der Waals surface area contributed by atoms with E-state index in [1.165, 1.54) is 12.0 Å². The van der Waals surface area contributed by atoms with Crippen molar-refractivity contribution in [2.45, 2.75) is 26.7 Å². The number of ether oxygens (including phenoxy) is 1. The van der Waals surface area contributed by atoms with Crippen LogP contribution in [0.1, 0.15) is 24.0 Å². The Labute approximate surface area is 118 Å². The SMILES string of the molecule is COC(=O)N(CCCC(=O)Cl)c1ccc(C)cc1C. The Morgan fingerprint density at radius 2 is 2.00 bits per heavy atom. The van der Waals surface area contributed by atoms with E-state index >= 15 is 0 Å². The third kappa shape index (κ3) is 4.56. The van der Waals surface area contributed by atoms with Crippen molar-refractivity contribution in [3.63, 3.8) is 0 Å². The van der Waals surface area contributed by atoms with Gasteiger partial charge in [0, 0.05) is 18.7 Å². The Kier molecular flexibility index (Phi) is 5.83. The van der Waals surface area contributed by atoms with E-state index in [4.69, 9.17) is 16.3 Å². The first kappa shape index (κ1) is 15.5. The molecule has 0 heterocycles. The minimum absolute atomic E-state index is 0.236. The molecule has 104 valence electrons. The Morgan fingerprint density at radius 1 is 1.32 bits per heavy atom. The van der Waals surface area contributed by atoms with Crippen LogP contribution in [0.3, 0.4) is 0 Å². The lowest BCUT2D eigenvalue weighted by atomic mass is 10.1. The van der Waals surface area contributed by atoms with Gasteiger partial charge >= 0.3 is 6.09 Å². The number of hydrogen-bond acceptors (Lipinski definition) is 3. The van der Waals surface area contributed by atoms with Gasteiger partial charge in [0.1, 0.15) is 0 Å². The maximum atomic E-state index is 11.8. The zero-order chi connectivity index (χ0) is 14.4. The maximum Gasteiger partial charge on any atom is 0.414 e. The Morgan fingerprint density at radius 3 is 2.53 bits per heavy atom. The number of hydrogen-bond donors (Lipinski definition) is 0. The smallest absolute Gasteiger partial charge is 0.414 e. The van der Waals surface area contributed by atoms with Crippen molar-refractivity contribution in [3.05, 3.63) is 29.3 Å². The molecule has 0 atom stereocenters. The molecule has 0 aliphatic carbocycles. The molecule has 1 aromatic rings. The predicted octanol–water partition coefficient (Wildman–Crippen LogP) is 3.42. The summed E-state index contributed by atoms with van der Waals surface area (Å²) in [5.41, 5.74) is 2.91. The van der Waals surface area contributed by atoms with Crippen LogP contribution in [-0.4, -0.2) is 25.0 Å². The van der Waals surface area contributed by atoms with Gasteiger partial charge in [0.05, 0.1) is 7.11 Å². The van der Waals surface area contributed by atoms with E-state index in [-0.39, 0.29) is 6.42 Å². The van der Waals surface area contributed by atoms with Gasteiger partial charge in [0.15, 0.2) is 0 Å². The summed E-state index contributed by atoms with van der Waals surface area (Å²) >= 11 is 5.30. The molecule has 0 aliphatic heterocycles. The zero-order valence-corrected chi connectivity index (χ0v) is 12.2. The normalized spacial score (nSPS) is 10.1. The number of halogens is 1. The summed E-state index contributed by atoms with van der Waals surface area (Å²) < 4.78 is 4.78. The largest absolute Gasteiger partial charge is 0.452 e. The van der Waals surface area contributed by atoms with Gasteiger partial charge < -0.3 is 4.74 Å². The van der Waals surface area contributed by atoms with Crippen molar-refractivity contribution in [1.29, 1.82) is 0 Å². The van der Waals surface area contributed by atoms with Gasteiger partial charge in [-0.15, -0.1) is 0 Å². The van der Waals surface area contributed by atoms with Crippen LogP contribution in [0.15, 0.2) is 18.2 Å². The lowest BCUT2D eigenvalue weighted by Crippen LogP contribution is -2.32. The number of carbonyl (C=O) groups excluding carboxylic acids is 2. The molecule has 4 nitrogen and oxygen atoms in total. The van der Waals surface area contributed by atoms with Crippen molar-refractivity contribution in [2.75, 3.05) is 18.6 Å². The number of amides is 1. The highest BCUT2D eigenvalue weighted by Gasteiger charge is 2.18. The van der Waals surface area contributed by atoms with Crippen LogP contribution < -0.4 is 4.90 Å². The molecule has 19 heavy (non-hydrogen) atoms. The van der Waals surface area contributed by atoms with E-state index in [1.807, 2.05) is 32.0 Å². The number of methoxy groups -OCH3 is 1. The second-order valence-corrected chi connectivity index (χ2v) is 4.79. The summed E-state index contributed by atoms with van der Waals surface area (Å²) in [6, 6.07) is 5.81. The molecule has 0 spiro atoms. The molecule has 0 saturated carbocycles. The second-order valence-electron chi connectivity index (χ2n) is 4.37. The number of aryl methyl sites for hydroxylation is 2. The second kappa shape index (κ2) is 7.14. The molecule has 0 aromatic heterocycles. The molecule has 0 unspecified atom stereocenters. The van der Waals surface area contributed by atoms with Crippen LogP contribution in [-0.2, 0) is 9.53 Å². The van der Waals surface area contributed by atoms with Gasteiger partial charge in [0.25, 0.3) is 0 Å². The number of rotatable bonds is 5. The molecule has 0 radical (unpaired) electrons. The summed E-state index contributed by atoms with van der Waals surface area (Å²) in [7, 11) is 1.34. The van der Waals surface area contributed by atoms with E-state index in [1.54, 1.807) is 0 Å². The van der Waals surface area contributed by atoms with Gasteiger partial charge in [-0.05, 0) is 43.5 Å². The van der Waals surface area contributed by atoms with Crippen LogP contribution >= 0.6 is 11.6 Å². The first-order valence-corrected chi connectivity index (χ1v) is 6.44. The summed E-state index contributed by atoms with van der Waals surface area (Å²) in [6.07, 6.45) is 0.305. The number of anilines is 1. The zero-order valence-electron chi connectivity index (χ0n) is 11.4. The number of benzene rings is 1. The van der Waals surface area contributed by atoms with Crippen LogP contribution in [0.5, 0.6) is 0 Å². The van der Waals surface area contributed by atoms with Crippen LogP contribution in [0, 0.1) is 13.8 Å². The van der Waals surface area contributed by atoms with Crippen molar-refractivity contribution in [1.82, 2.24) is 0 Å². The van der Waals surface area contributed by atoms with E-state index in [0.717, 1.165) is 16.8 Å². The summed E-state index contributed by atoms with van der Waals surface area (Å²) in [4.78, 5) is 24.1. The minimum Gasteiger partial charge on any atom is -0.452 e. The van der Waals surface area contributed by atoms with Gasteiger partial charge in [0.2, 0.25) is 5.24 Å². The molecule has 1 amide bonds. The average molecular weight is 284 g/mol. The molecule has 1 rings (SSSR count). The highest BCUT2D eigenvalue weighted by atomic mass is 35.5. The standard InChI is InChI=1S/C14H18ClNO3/c1-10-6-7-12(11(2)9-10)16(14(18)19-3)8-4-5-13(15)17/h6-7,9H,4-5,8H2,1-3H3. The first-order chi connectivity index (χ1) is 8.95. The van der Waals surface area contributed by atoms with Crippen molar-refractivity contribution in [3.8, 4) is 0 Å². The van der Waals surface area contributed by atoms with E-state index in [9.17, 15) is 9.59 Å². The predicted molar refractivity (Wildman–Crippen MR) is 75.8 cm³/mol. The average Bonchev–Trinajstić information content (AvgIpc) is 2.34. The molecule has 1 aromatic carbocycles. The van der Waals surface area contributed by atoms with Gasteiger partial charge in [-0.3, -0.25) is 9.69 Å². The van der Waals surface area contributed by atoms with Crippen LogP contribution in [0.4, 0.5) is 10.5 Å². The van der Waals surface area contributed by atoms with Crippen LogP contribution in [0.25, 0.3) is 0 Å². The highest BCUT2D eigenvalue weighted by Crippen LogP contribution is 2.22. The fraction of sp³-hybridized carbons (Fsp3) is 0.429. The molecule has 0 aliphatic rings. The molecule has 0 N–H and O–H groups in total. The van der Waals surface area contributed by atoms with Crippen LogP contribution in [0.2, 0.25) is 0 Å². The molecule has 0 fully saturated rings. The Bertz CT molecular complexity index is 474. The number of nitrogens with zero attached hydrogens (tertiary/aromatic N) is 1. The molecular formula is C14H18ClNO3. The fourth-order valence-electron chi connectivity index (χ4n) is 1.90. The fourth-order valence-corrected chi connectivity index (χ4v) is 2.04. The maximum absolute atomic E-state index is 11.8. The Balaban J connectivity index is 2.89. The summed E-state index contributed by atoms with van der Waals surface area (Å²) in [6.45, 7) is 4.32. The third-order valence-electron chi connectivity index (χ3n) is 2.79. The third-order valence-corrected chi connectivity index (χ3v) is 2.98. The van der Waals surface area contributed by atoms with Crippen molar-refractivity contribution in [2.24, 2.45) is 0 Å². The number of carbonyl (C=O) groups is 2. The molecule has 0 bridgehead atoms. The molecule has 5 heteroatoms. The summed E-state index contributed by atoms with van der Waals surface area (Å²) in [5.74, 6) is 0. The van der Waals surface area contributed by atoms with Gasteiger partial charge in [-0.25, -0.2) is 4.79 Å². The van der Waals surface area contributed by atoms with Gasteiger partial charge in [-0.2, -0.15) is 0 Å². The summed E-state index contributed by atoms with van der Waals surface area (Å²) in [5, 5.41) is -0.398. The lowest BCUT2D eigenvalue weighted by Gasteiger charge is -2.23. The Hall–Kier alpha value is -1.55. The lowest BCUT2D eigenvalue weighted by molar-refractivity contribution is -0.111. The first-order valence-electron chi connectivity index (χ1n) is 6.06. The van der Waals surface area contributed by atoms with Crippen molar-refractivity contribution >= 4 is 28.6 Å². The van der Waals surface area contributed by atoms with E-state index < -0.39 is 11.3 Å². The van der Waals surface area contributed by atoms with Gasteiger partial charge in [-0.1, -0.05) is 17.7 Å².